The first-order chi connectivity index (χ1) is 14.0. The van der Waals surface area contributed by atoms with E-state index in [1.54, 1.807) is 7.11 Å². The van der Waals surface area contributed by atoms with Crippen LogP contribution in [0.5, 0.6) is 5.75 Å². The molecule has 1 aliphatic carbocycles. The van der Waals surface area contributed by atoms with Gasteiger partial charge in [0.05, 0.1) is 24.9 Å². The molecule has 0 spiro atoms. The molecule has 5 heteroatoms. The summed E-state index contributed by atoms with van der Waals surface area (Å²) in [6.07, 6.45) is 0.436. The Bertz CT molecular complexity index is 829. The van der Waals surface area contributed by atoms with Gasteiger partial charge >= 0.3 is 0 Å². The van der Waals surface area contributed by atoms with Gasteiger partial charge in [-0.25, -0.2) is 0 Å². The van der Waals surface area contributed by atoms with Crippen molar-refractivity contribution < 1.29 is 20.1 Å². The standard InChI is InChI=1S/C24H31NO4/c1-29-20-9-5-8-19(14-20)23-11-13-25(12-10-18-6-3-2-4-7-18)17-24(23,28)16-22(27)21(26)15-23/h2-9,14,21-22,26-28H,10-13,15-17H2,1H3/t21?,22?,23-,24-/m1/s1. The fourth-order valence-electron chi connectivity index (χ4n) is 5.28. The second-order valence-electron chi connectivity index (χ2n) is 8.65. The zero-order valence-corrected chi connectivity index (χ0v) is 17.0. The highest BCUT2D eigenvalue weighted by Gasteiger charge is 2.59. The highest BCUT2D eigenvalue weighted by Crippen LogP contribution is 2.52. The second-order valence-corrected chi connectivity index (χ2v) is 8.65. The minimum atomic E-state index is -1.10. The van der Waals surface area contributed by atoms with Gasteiger partial charge in [-0.3, -0.25) is 0 Å². The van der Waals surface area contributed by atoms with E-state index in [9.17, 15) is 15.3 Å². The SMILES string of the molecule is COc1cccc([C@]23CCN(CCc4ccccc4)C[C@]2(O)CC(O)C(O)C3)c1. The average Bonchev–Trinajstić information content (AvgIpc) is 2.74. The minimum Gasteiger partial charge on any atom is -0.497 e. The molecule has 2 aliphatic rings. The molecule has 1 aliphatic heterocycles. The Kier molecular flexibility index (Phi) is 5.67. The van der Waals surface area contributed by atoms with Gasteiger partial charge in [-0.2, -0.15) is 0 Å². The molecule has 2 fully saturated rings. The lowest BCUT2D eigenvalue weighted by atomic mass is 9.55. The maximum absolute atomic E-state index is 11.9. The number of β-amino-alcohol motifs (C(OH)–C–C–N with tert-alkyl or cyclic N) is 1. The highest BCUT2D eigenvalue weighted by atomic mass is 16.5. The molecule has 0 radical (unpaired) electrons. The number of ether oxygens (including phenoxy) is 1. The fraction of sp³-hybridized carbons (Fsp3) is 0.500. The molecule has 0 bridgehead atoms. The molecule has 2 aromatic rings. The molecular weight excluding hydrogens is 366 g/mol. The number of likely N-dealkylation sites (tertiary alicyclic amines) is 1. The van der Waals surface area contributed by atoms with Gasteiger partial charge in [0.1, 0.15) is 5.75 Å². The number of rotatable bonds is 5. The number of hydrogen-bond donors (Lipinski definition) is 3. The van der Waals surface area contributed by atoms with E-state index in [4.69, 9.17) is 4.74 Å². The number of aliphatic hydroxyl groups is 3. The third kappa shape index (κ3) is 3.80. The van der Waals surface area contributed by atoms with Gasteiger partial charge in [0.15, 0.2) is 0 Å². The molecule has 2 unspecified atom stereocenters. The second kappa shape index (κ2) is 8.07. The van der Waals surface area contributed by atoms with E-state index in [1.165, 1.54) is 5.56 Å². The van der Waals surface area contributed by atoms with Crippen LogP contribution in [0.3, 0.4) is 0 Å². The lowest BCUT2D eigenvalue weighted by molar-refractivity contribution is -0.178. The number of nitrogens with zero attached hydrogens (tertiary/aromatic N) is 1. The molecule has 3 N–H and O–H groups in total. The molecule has 0 aromatic heterocycles. The van der Waals surface area contributed by atoms with Crippen molar-refractivity contribution in [2.45, 2.75) is 48.9 Å². The molecule has 2 aromatic carbocycles. The average molecular weight is 398 g/mol. The van der Waals surface area contributed by atoms with Gasteiger partial charge in [0.2, 0.25) is 0 Å². The summed E-state index contributed by atoms with van der Waals surface area (Å²) in [6, 6.07) is 18.2. The van der Waals surface area contributed by atoms with Gasteiger partial charge in [-0.05, 0) is 49.1 Å². The van der Waals surface area contributed by atoms with Crippen molar-refractivity contribution >= 4 is 0 Å². The van der Waals surface area contributed by atoms with E-state index in [0.717, 1.165) is 37.2 Å². The molecule has 5 nitrogen and oxygen atoms in total. The van der Waals surface area contributed by atoms with E-state index in [1.807, 2.05) is 42.5 Å². The maximum atomic E-state index is 11.9. The van der Waals surface area contributed by atoms with Gasteiger partial charge in [0, 0.05) is 24.9 Å². The molecule has 1 heterocycles. The lowest BCUT2D eigenvalue weighted by Gasteiger charge is -2.58. The number of fused-ring (bicyclic) bond motifs is 1. The van der Waals surface area contributed by atoms with Gasteiger partial charge in [-0.1, -0.05) is 42.5 Å². The first-order valence-corrected chi connectivity index (χ1v) is 10.5. The van der Waals surface area contributed by atoms with Crippen LogP contribution in [-0.4, -0.2) is 64.8 Å². The van der Waals surface area contributed by atoms with Crippen molar-refractivity contribution in [2.24, 2.45) is 0 Å². The first kappa shape index (κ1) is 20.4. The van der Waals surface area contributed by atoms with Crippen LogP contribution < -0.4 is 4.74 Å². The van der Waals surface area contributed by atoms with E-state index in [-0.39, 0.29) is 6.42 Å². The molecule has 1 saturated carbocycles. The van der Waals surface area contributed by atoms with E-state index >= 15 is 0 Å². The third-order valence-corrected chi connectivity index (χ3v) is 6.96. The Labute approximate surface area is 172 Å². The summed E-state index contributed by atoms with van der Waals surface area (Å²) in [7, 11) is 1.63. The van der Waals surface area contributed by atoms with Crippen LogP contribution in [0.2, 0.25) is 0 Å². The predicted octanol–water partition coefficient (Wildman–Crippen LogP) is 2.13. The normalized spacial score (nSPS) is 32.6. The number of piperidine rings is 1. The Balaban J connectivity index is 1.60. The van der Waals surface area contributed by atoms with Crippen LogP contribution in [0.4, 0.5) is 0 Å². The van der Waals surface area contributed by atoms with Crippen molar-refractivity contribution in [2.75, 3.05) is 26.7 Å². The largest absolute Gasteiger partial charge is 0.497 e. The van der Waals surface area contributed by atoms with E-state index in [0.29, 0.717) is 13.0 Å². The number of benzene rings is 2. The Morgan fingerprint density at radius 2 is 1.79 bits per heavy atom. The molecule has 0 amide bonds. The summed E-state index contributed by atoms with van der Waals surface area (Å²) < 4.78 is 5.41. The zero-order valence-electron chi connectivity index (χ0n) is 17.0. The number of hydrogen-bond acceptors (Lipinski definition) is 5. The van der Waals surface area contributed by atoms with Crippen LogP contribution in [0, 0.1) is 0 Å². The quantitative estimate of drug-likeness (QED) is 0.721. The summed E-state index contributed by atoms with van der Waals surface area (Å²) in [5.74, 6) is 0.742. The van der Waals surface area contributed by atoms with Crippen LogP contribution in [0.15, 0.2) is 54.6 Å². The van der Waals surface area contributed by atoms with Crippen LogP contribution in [0.1, 0.15) is 30.4 Å². The number of aliphatic hydroxyl groups excluding tert-OH is 2. The fourth-order valence-corrected chi connectivity index (χ4v) is 5.28. The van der Waals surface area contributed by atoms with Crippen LogP contribution in [-0.2, 0) is 11.8 Å². The molecule has 1 saturated heterocycles. The minimum absolute atomic E-state index is 0.174. The maximum Gasteiger partial charge on any atom is 0.119 e. The van der Waals surface area contributed by atoms with Crippen molar-refractivity contribution in [3.63, 3.8) is 0 Å². The van der Waals surface area contributed by atoms with Crippen molar-refractivity contribution in [1.82, 2.24) is 4.90 Å². The molecule has 29 heavy (non-hydrogen) atoms. The summed E-state index contributed by atoms with van der Waals surface area (Å²) in [6.45, 7) is 2.19. The molecule has 4 rings (SSSR count). The first-order valence-electron chi connectivity index (χ1n) is 10.5. The number of methoxy groups -OCH3 is 1. The summed E-state index contributed by atoms with van der Waals surface area (Å²) in [5.41, 5.74) is 0.562. The van der Waals surface area contributed by atoms with E-state index in [2.05, 4.69) is 17.0 Å². The van der Waals surface area contributed by atoms with Crippen LogP contribution in [0.25, 0.3) is 0 Å². The van der Waals surface area contributed by atoms with E-state index < -0.39 is 23.2 Å². The van der Waals surface area contributed by atoms with Crippen molar-refractivity contribution in [1.29, 1.82) is 0 Å². The predicted molar refractivity (Wildman–Crippen MR) is 112 cm³/mol. The van der Waals surface area contributed by atoms with Crippen molar-refractivity contribution in [3.05, 3.63) is 65.7 Å². The highest BCUT2D eigenvalue weighted by molar-refractivity contribution is 5.39. The summed E-state index contributed by atoms with van der Waals surface area (Å²) in [5, 5.41) is 32.7. The van der Waals surface area contributed by atoms with Gasteiger partial charge < -0.3 is 25.0 Å². The smallest absolute Gasteiger partial charge is 0.119 e. The Morgan fingerprint density at radius 3 is 2.55 bits per heavy atom. The summed E-state index contributed by atoms with van der Waals surface area (Å²) >= 11 is 0. The monoisotopic (exact) mass is 397 g/mol. The Hall–Kier alpha value is -1.92. The zero-order chi connectivity index (χ0) is 20.5. The molecule has 156 valence electrons. The lowest BCUT2D eigenvalue weighted by Crippen LogP contribution is -2.68. The van der Waals surface area contributed by atoms with Gasteiger partial charge in [0.25, 0.3) is 0 Å². The third-order valence-electron chi connectivity index (χ3n) is 6.96. The molecule has 4 atom stereocenters. The Morgan fingerprint density at radius 1 is 1.03 bits per heavy atom. The van der Waals surface area contributed by atoms with Crippen molar-refractivity contribution in [3.8, 4) is 5.75 Å². The molecular formula is C24H31NO4. The topological polar surface area (TPSA) is 73.2 Å². The van der Waals surface area contributed by atoms with Gasteiger partial charge in [-0.15, -0.1) is 0 Å². The van der Waals surface area contributed by atoms with Crippen LogP contribution >= 0.6 is 0 Å². The summed E-state index contributed by atoms with van der Waals surface area (Å²) in [4.78, 5) is 2.29.